The van der Waals surface area contributed by atoms with Crippen LogP contribution in [0.4, 0.5) is 0 Å². The van der Waals surface area contributed by atoms with Gasteiger partial charge in [0.25, 0.3) is 0 Å². The summed E-state index contributed by atoms with van der Waals surface area (Å²) in [5, 5.41) is 12.7. The van der Waals surface area contributed by atoms with Crippen molar-refractivity contribution in [3.8, 4) is 0 Å². The van der Waals surface area contributed by atoms with Crippen molar-refractivity contribution in [1.82, 2.24) is 9.78 Å². The van der Waals surface area contributed by atoms with Crippen LogP contribution in [0.2, 0.25) is 0 Å². The van der Waals surface area contributed by atoms with Crippen LogP contribution in [0.1, 0.15) is 5.56 Å². The molecule has 0 aliphatic rings. The third-order valence-electron chi connectivity index (χ3n) is 1.42. The molecule has 0 radical (unpaired) electrons. The Kier molecular flexibility index (Phi) is 2.62. The SMILES string of the molecule is Cc1cnn(CC(N)CO)c1. The molecule has 1 rings (SSSR count). The minimum atomic E-state index is -0.214. The van der Waals surface area contributed by atoms with Gasteiger partial charge >= 0.3 is 0 Å². The molecule has 1 atom stereocenters. The number of aromatic nitrogens is 2. The lowest BCUT2D eigenvalue weighted by Gasteiger charge is -2.06. The predicted octanol–water partition coefficient (Wildman–Crippen LogP) is -0.489. The molecule has 4 nitrogen and oxygen atoms in total. The van der Waals surface area contributed by atoms with Crippen LogP contribution in [-0.2, 0) is 6.54 Å². The van der Waals surface area contributed by atoms with Crippen LogP contribution in [0.3, 0.4) is 0 Å². The summed E-state index contributed by atoms with van der Waals surface area (Å²) in [5.74, 6) is 0. The van der Waals surface area contributed by atoms with Gasteiger partial charge in [-0.2, -0.15) is 5.10 Å². The fourth-order valence-corrected chi connectivity index (χ4v) is 0.865. The van der Waals surface area contributed by atoms with Gasteiger partial charge in [-0.15, -0.1) is 0 Å². The van der Waals surface area contributed by atoms with Crippen LogP contribution in [0, 0.1) is 6.92 Å². The van der Waals surface area contributed by atoms with E-state index in [1.807, 2.05) is 13.1 Å². The van der Waals surface area contributed by atoms with Crippen molar-refractivity contribution >= 4 is 0 Å². The number of aliphatic hydroxyl groups excluding tert-OH is 1. The Labute approximate surface area is 65.6 Å². The Hall–Kier alpha value is -0.870. The molecule has 1 aromatic rings. The molecule has 0 fully saturated rings. The van der Waals surface area contributed by atoms with Gasteiger partial charge in [-0.25, -0.2) is 0 Å². The highest BCUT2D eigenvalue weighted by Gasteiger charge is 2.01. The summed E-state index contributed by atoms with van der Waals surface area (Å²) >= 11 is 0. The molecule has 0 spiro atoms. The second-order valence-electron chi connectivity index (χ2n) is 2.68. The summed E-state index contributed by atoms with van der Waals surface area (Å²) < 4.78 is 1.73. The molecule has 0 aliphatic heterocycles. The third kappa shape index (κ3) is 2.32. The molecule has 1 unspecified atom stereocenters. The summed E-state index contributed by atoms with van der Waals surface area (Å²) in [7, 11) is 0. The highest BCUT2D eigenvalue weighted by molar-refractivity contribution is 4.99. The van der Waals surface area contributed by atoms with E-state index in [0.717, 1.165) is 5.56 Å². The number of hydrogen-bond acceptors (Lipinski definition) is 3. The number of hydrogen-bond donors (Lipinski definition) is 2. The van der Waals surface area contributed by atoms with Crippen LogP contribution in [0.25, 0.3) is 0 Å². The fraction of sp³-hybridized carbons (Fsp3) is 0.571. The van der Waals surface area contributed by atoms with Gasteiger partial charge < -0.3 is 10.8 Å². The Balaban J connectivity index is 2.50. The first-order valence-corrected chi connectivity index (χ1v) is 3.58. The Morgan fingerprint density at radius 1 is 1.82 bits per heavy atom. The van der Waals surface area contributed by atoms with E-state index < -0.39 is 0 Å². The van der Waals surface area contributed by atoms with E-state index in [4.69, 9.17) is 10.8 Å². The molecule has 0 amide bonds. The third-order valence-corrected chi connectivity index (χ3v) is 1.42. The zero-order valence-electron chi connectivity index (χ0n) is 6.57. The van der Waals surface area contributed by atoms with Crippen LogP contribution in [0.15, 0.2) is 12.4 Å². The first-order chi connectivity index (χ1) is 5.22. The zero-order chi connectivity index (χ0) is 8.27. The standard InChI is InChI=1S/C7H13N3O/c1-6-2-9-10(3-6)4-7(8)5-11/h2-3,7,11H,4-5,8H2,1H3. The van der Waals surface area contributed by atoms with Crippen molar-refractivity contribution in [1.29, 1.82) is 0 Å². The molecule has 62 valence electrons. The summed E-state index contributed by atoms with van der Waals surface area (Å²) in [6, 6.07) is -0.214. The van der Waals surface area contributed by atoms with Crippen molar-refractivity contribution in [2.45, 2.75) is 19.5 Å². The van der Waals surface area contributed by atoms with Crippen molar-refractivity contribution in [3.05, 3.63) is 18.0 Å². The molecule has 0 saturated carbocycles. The lowest BCUT2D eigenvalue weighted by molar-refractivity contribution is 0.250. The fourth-order valence-electron chi connectivity index (χ4n) is 0.865. The summed E-state index contributed by atoms with van der Waals surface area (Å²) in [4.78, 5) is 0. The molecular weight excluding hydrogens is 142 g/mol. The van der Waals surface area contributed by atoms with Gasteiger partial charge in [-0.3, -0.25) is 4.68 Å². The molecule has 0 saturated heterocycles. The van der Waals surface area contributed by atoms with Crippen LogP contribution in [0.5, 0.6) is 0 Å². The molecule has 11 heavy (non-hydrogen) atoms. The average Bonchev–Trinajstić information content (AvgIpc) is 2.35. The van der Waals surface area contributed by atoms with E-state index in [0.29, 0.717) is 6.54 Å². The molecule has 1 heterocycles. The number of rotatable bonds is 3. The highest BCUT2D eigenvalue weighted by atomic mass is 16.3. The Morgan fingerprint density at radius 3 is 3.00 bits per heavy atom. The van der Waals surface area contributed by atoms with Gasteiger partial charge in [0.05, 0.1) is 19.3 Å². The largest absolute Gasteiger partial charge is 0.395 e. The first-order valence-electron chi connectivity index (χ1n) is 3.58. The normalized spacial score (nSPS) is 13.4. The molecule has 4 heteroatoms. The first kappa shape index (κ1) is 8.23. The maximum atomic E-state index is 8.64. The number of aliphatic hydroxyl groups is 1. The van der Waals surface area contributed by atoms with E-state index in [1.165, 1.54) is 0 Å². The average molecular weight is 155 g/mol. The van der Waals surface area contributed by atoms with Crippen molar-refractivity contribution < 1.29 is 5.11 Å². The molecule has 0 aromatic carbocycles. The Morgan fingerprint density at radius 2 is 2.55 bits per heavy atom. The number of nitrogens with zero attached hydrogens (tertiary/aromatic N) is 2. The summed E-state index contributed by atoms with van der Waals surface area (Å²) in [5.41, 5.74) is 6.61. The van der Waals surface area contributed by atoms with Gasteiger partial charge in [0.2, 0.25) is 0 Å². The van der Waals surface area contributed by atoms with Gasteiger partial charge in [-0.1, -0.05) is 0 Å². The van der Waals surface area contributed by atoms with Gasteiger partial charge in [0, 0.05) is 12.2 Å². The lowest BCUT2D eigenvalue weighted by atomic mass is 10.3. The van der Waals surface area contributed by atoms with Gasteiger partial charge in [-0.05, 0) is 12.5 Å². The lowest BCUT2D eigenvalue weighted by Crippen LogP contribution is -2.29. The number of nitrogens with two attached hydrogens (primary N) is 1. The number of aryl methyl sites for hydroxylation is 1. The van der Waals surface area contributed by atoms with E-state index >= 15 is 0 Å². The minimum Gasteiger partial charge on any atom is -0.395 e. The molecular formula is C7H13N3O. The van der Waals surface area contributed by atoms with E-state index in [1.54, 1.807) is 10.9 Å². The monoisotopic (exact) mass is 155 g/mol. The van der Waals surface area contributed by atoms with Crippen LogP contribution >= 0.6 is 0 Å². The van der Waals surface area contributed by atoms with Crippen LogP contribution < -0.4 is 5.73 Å². The molecule has 3 N–H and O–H groups in total. The predicted molar refractivity (Wildman–Crippen MR) is 42.0 cm³/mol. The quantitative estimate of drug-likeness (QED) is 0.619. The van der Waals surface area contributed by atoms with Gasteiger partial charge in [0.1, 0.15) is 0 Å². The topological polar surface area (TPSA) is 64.1 Å². The highest BCUT2D eigenvalue weighted by Crippen LogP contribution is 1.94. The van der Waals surface area contributed by atoms with E-state index in [2.05, 4.69) is 5.10 Å². The van der Waals surface area contributed by atoms with Crippen molar-refractivity contribution in [2.75, 3.05) is 6.61 Å². The summed E-state index contributed by atoms with van der Waals surface area (Å²) in [6.45, 7) is 2.54. The molecule has 0 aliphatic carbocycles. The smallest absolute Gasteiger partial charge is 0.0600 e. The maximum absolute atomic E-state index is 8.64. The zero-order valence-corrected chi connectivity index (χ0v) is 6.57. The summed E-state index contributed by atoms with van der Waals surface area (Å²) in [6.07, 6.45) is 3.67. The van der Waals surface area contributed by atoms with E-state index in [9.17, 15) is 0 Å². The van der Waals surface area contributed by atoms with Crippen molar-refractivity contribution in [2.24, 2.45) is 5.73 Å². The minimum absolute atomic E-state index is 0.00108. The van der Waals surface area contributed by atoms with Crippen molar-refractivity contribution in [3.63, 3.8) is 0 Å². The van der Waals surface area contributed by atoms with Crippen LogP contribution in [-0.4, -0.2) is 27.5 Å². The molecule has 0 bridgehead atoms. The second-order valence-corrected chi connectivity index (χ2v) is 2.68. The van der Waals surface area contributed by atoms with Gasteiger partial charge in [0.15, 0.2) is 0 Å². The second kappa shape index (κ2) is 3.50. The maximum Gasteiger partial charge on any atom is 0.0600 e. The molecule has 1 aromatic heterocycles. The Bertz CT molecular complexity index is 221. The van der Waals surface area contributed by atoms with E-state index in [-0.39, 0.29) is 12.6 Å².